The third kappa shape index (κ3) is 3.37. The second kappa shape index (κ2) is 5.58. The number of hydrogen-bond donors (Lipinski definition) is 0. The van der Waals surface area contributed by atoms with E-state index in [2.05, 4.69) is 18.0 Å². The molecular formula is C10H15NO. The average Bonchev–Trinajstić information content (AvgIpc) is 2.14. The summed E-state index contributed by atoms with van der Waals surface area (Å²) in [4.78, 5) is 4.20. The third-order valence-corrected chi connectivity index (χ3v) is 1.54. The first kappa shape index (κ1) is 9.04. The van der Waals surface area contributed by atoms with Crippen molar-refractivity contribution in [2.75, 3.05) is 13.2 Å². The Morgan fingerprint density at radius 2 is 2.42 bits per heavy atom. The Balaban J connectivity index is 2.33. The zero-order valence-electron chi connectivity index (χ0n) is 7.49. The minimum Gasteiger partial charge on any atom is -0.478 e. The molecule has 0 aromatic carbocycles. The van der Waals surface area contributed by atoms with Gasteiger partial charge in [-0.05, 0) is 12.5 Å². The fourth-order valence-corrected chi connectivity index (χ4v) is 0.930. The summed E-state index contributed by atoms with van der Waals surface area (Å²) in [5.74, 6) is 0.766. The normalized spacial score (nSPS) is 18.2. The van der Waals surface area contributed by atoms with Gasteiger partial charge in [-0.25, -0.2) is 0 Å². The molecule has 0 N–H and O–H groups in total. The molecule has 0 aliphatic carbocycles. The van der Waals surface area contributed by atoms with E-state index in [1.165, 1.54) is 0 Å². The average molecular weight is 165 g/mol. The highest BCUT2D eigenvalue weighted by Gasteiger charge is 1.99. The molecule has 2 heteroatoms. The van der Waals surface area contributed by atoms with Crippen molar-refractivity contribution in [2.45, 2.75) is 19.8 Å². The van der Waals surface area contributed by atoms with E-state index in [1.807, 2.05) is 18.2 Å². The van der Waals surface area contributed by atoms with Crippen molar-refractivity contribution in [3.8, 4) is 0 Å². The smallest absolute Gasteiger partial charge is 0.208 e. The Hall–Kier alpha value is -1.05. The summed E-state index contributed by atoms with van der Waals surface area (Å²) in [5, 5.41) is 0. The number of aliphatic imine (C=N–C) groups is 1. The van der Waals surface area contributed by atoms with Crippen LogP contribution in [0.25, 0.3) is 0 Å². The zero-order chi connectivity index (χ0) is 8.65. The standard InChI is InChI=1S/C10H15NO/c1-2-3-4-5-7-10-11-8-6-9-12-10/h3-5,7H,2,6,8-9H2,1H3. The predicted octanol–water partition coefficient (Wildman–Crippen LogP) is 2.33. The summed E-state index contributed by atoms with van der Waals surface area (Å²) >= 11 is 0. The molecule has 1 aliphatic rings. The van der Waals surface area contributed by atoms with E-state index < -0.39 is 0 Å². The first-order chi connectivity index (χ1) is 5.93. The van der Waals surface area contributed by atoms with E-state index in [-0.39, 0.29) is 0 Å². The van der Waals surface area contributed by atoms with E-state index in [4.69, 9.17) is 4.74 Å². The molecule has 0 saturated heterocycles. The van der Waals surface area contributed by atoms with E-state index in [0.29, 0.717) is 0 Å². The second-order valence-electron chi connectivity index (χ2n) is 2.62. The largest absolute Gasteiger partial charge is 0.478 e. The molecule has 1 heterocycles. The van der Waals surface area contributed by atoms with Gasteiger partial charge in [0.1, 0.15) is 0 Å². The van der Waals surface area contributed by atoms with Gasteiger partial charge in [-0.3, -0.25) is 4.99 Å². The van der Waals surface area contributed by atoms with Gasteiger partial charge in [0.15, 0.2) is 0 Å². The fourth-order valence-electron chi connectivity index (χ4n) is 0.930. The van der Waals surface area contributed by atoms with Crippen LogP contribution >= 0.6 is 0 Å². The number of allylic oxidation sites excluding steroid dienone is 3. The van der Waals surface area contributed by atoms with Gasteiger partial charge in [0, 0.05) is 13.0 Å². The summed E-state index contributed by atoms with van der Waals surface area (Å²) in [7, 11) is 0. The Labute approximate surface area is 73.6 Å². The first-order valence-electron chi connectivity index (χ1n) is 4.44. The van der Waals surface area contributed by atoms with Crippen LogP contribution in [0.3, 0.4) is 0 Å². The van der Waals surface area contributed by atoms with Crippen molar-refractivity contribution in [2.24, 2.45) is 4.99 Å². The van der Waals surface area contributed by atoms with Crippen LogP contribution in [0, 0.1) is 0 Å². The molecule has 1 rings (SSSR count). The topological polar surface area (TPSA) is 21.6 Å². The number of hydrogen-bond acceptors (Lipinski definition) is 2. The minimum atomic E-state index is 0.766. The molecule has 0 atom stereocenters. The van der Waals surface area contributed by atoms with E-state index in [9.17, 15) is 0 Å². The monoisotopic (exact) mass is 165 g/mol. The molecule has 2 nitrogen and oxygen atoms in total. The molecule has 0 spiro atoms. The zero-order valence-corrected chi connectivity index (χ0v) is 7.49. The maximum Gasteiger partial charge on any atom is 0.208 e. The van der Waals surface area contributed by atoms with Crippen molar-refractivity contribution in [3.63, 3.8) is 0 Å². The highest BCUT2D eigenvalue weighted by molar-refractivity contribution is 5.88. The van der Waals surface area contributed by atoms with Crippen LogP contribution in [0.1, 0.15) is 19.8 Å². The highest BCUT2D eigenvalue weighted by atomic mass is 16.5. The SMILES string of the molecule is CCC=CC=CC1=NCCCO1. The first-order valence-corrected chi connectivity index (χ1v) is 4.44. The van der Waals surface area contributed by atoms with Crippen molar-refractivity contribution in [1.82, 2.24) is 0 Å². The molecule has 12 heavy (non-hydrogen) atoms. The Bertz CT molecular complexity index is 204. The van der Waals surface area contributed by atoms with Gasteiger partial charge in [0.2, 0.25) is 5.90 Å². The lowest BCUT2D eigenvalue weighted by atomic mass is 10.3. The van der Waals surface area contributed by atoms with Crippen LogP contribution in [-0.4, -0.2) is 19.0 Å². The molecule has 0 aromatic rings. The van der Waals surface area contributed by atoms with Gasteiger partial charge in [-0.2, -0.15) is 0 Å². The van der Waals surface area contributed by atoms with Crippen molar-refractivity contribution < 1.29 is 4.74 Å². The molecule has 0 radical (unpaired) electrons. The molecular weight excluding hydrogens is 150 g/mol. The molecule has 1 aliphatic heterocycles. The summed E-state index contributed by atoms with van der Waals surface area (Å²) in [6.07, 6.45) is 10.1. The van der Waals surface area contributed by atoms with Crippen molar-refractivity contribution >= 4 is 5.90 Å². The van der Waals surface area contributed by atoms with Crippen molar-refractivity contribution in [1.29, 1.82) is 0 Å². The number of rotatable bonds is 3. The molecule has 0 saturated carbocycles. The Morgan fingerprint density at radius 1 is 1.50 bits per heavy atom. The van der Waals surface area contributed by atoms with Gasteiger partial charge < -0.3 is 4.74 Å². The molecule has 0 fully saturated rings. The second-order valence-corrected chi connectivity index (χ2v) is 2.62. The van der Waals surface area contributed by atoms with Gasteiger partial charge in [0.25, 0.3) is 0 Å². The van der Waals surface area contributed by atoms with Gasteiger partial charge >= 0.3 is 0 Å². The lowest BCUT2D eigenvalue weighted by Crippen LogP contribution is -2.10. The van der Waals surface area contributed by atoms with Crippen LogP contribution in [0.15, 0.2) is 29.3 Å². The van der Waals surface area contributed by atoms with Gasteiger partial charge in [-0.1, -0.05) is 25.2 Å². The fraction of sp³-hybridized carbons (Fsp3) is 0.500. The molecule has 0 aromatic heterocycles. The lowest BCUT2D eigenvalue weighted by Gasteiger charge is -2.09. The maximum absolute atomic E-state index is 5.29. The Kier molecular flexibility index (Phi) is 4.21. The highest BCUT2D eigenvalue weighted by Crippen LogP contribution is 1.97. The van der Waals surface area contributed by atoms with Crippen LogP contribution in [0.5, 0.6) is 0 Å². The predicted molar refractivity (Wildman–Crippen MR) is 51.4 cm³/mol. The molecule has 0 bridgehead atoms. The van der Waals surface area contributed by atoms with Crippen LogP contribution < -0.4 is 0 Å². The number of ether oxygens (including phenoxy) is 1. The van der Waals surface area contributed by atoms with Crippen LogP contribution in [0.2, 0.25) is 0 Å². The quantitative estimate of drug-likeness (QED) is 0.588. The van der Waals surface area contributed by atoms with Gasteiger partial charge in [-0.15, -0.1) is 0 Å². The summed E-state index contributed by atoms with van der Waals surface area (Å²) in [6.45, 7) is 3.82. The summed E-state index contributed by atoms with van der Waals surface area (Å²) in [6, 6.07) is 0. The van der Waals surface area contributed by atoms with Crippen LogP contribution in [-0.2, 0) is 4.74 Å². The number of nitrogens with zero attached hydrogens (tertiary/aromatic N) is 1. The van der Waals surface area contributed by atoms with E-state index >= 15 is 0 Å². The molecule has 66 valence electrons. The molecule has 0 amide bonds. The lowest BCUT2D eigenvalue weighted by molar-refractivity contribution is 0.285. The van der Waals surface area contributed by atoms with Crippen LogP contribution in [0.4, 0.5) is 0 Å². The van der Waals surface area contributed by atoms with E-state index in [1.54, 1.807) is 0 Å². The maximum atomic E-state index is 5.29. The molecule has 0 unspecified atom stereocenters. The third-order valence-electron chi connectivity index (χ3n) is 1.54. The van der Waals surface area contributed by atoms with E-state index in [0.717, 1.165) is 31.9 Å². The summed E-state index contributed by atoms with van der Waals surface area (Å²) < 4.78 is 5.29. The minimum absolute atomic E-state index is 0.766. The summed E-state index contributed by atoms with van der Waals surface area (Å²) in [5.41, 5.74) is 0. The Morgan fingerprint density at radius 3 is 3.08 bits per heavy atom. The van der Waals surface area contributed by atoms with Gasteiger partial charge in [0.05, 0.1) is 6.61 Å². The van der Waals surface area contributed by atoms with Crippen molar-refractivity contribution in [3.05, 3.63) is 24.3 Å².